The summed E-state index contributed by atoms with van der Waals surface area (Å²) in [6.07, 6.45) is 3.42. The van der Waals surface area contributed by atoms with Crippen LogP contribution in [0, 0.1) is 0 Å². The maximum atomic E-state index is 12.4. The molecule has 1 aliphatic heterocycles. The van der Waals surface area contributed by atoms with Crippen LogP contribution in [0.2, 0.25) is 10.0 Å². The van der Waals surface area contributed by atoms with Gasteiger partial charge in [-0.05, 0) is 44.4 Å². The molecule has 19 heavy (non-hydrogen) atoms. The lowest BCUT2D eigenvalue weighted by molar-refractivity contribution is 0.0889. The predicted molar refractivity (Wildman–Crippen MR) is 80.3 cm³/mol. The van der Waals surface area contributed by atoms with Crippen molar-refractivity contribution in [3.05, 3.63) is 33.8 Å². The fraction of sp³-hybridized carbons (Fsp3) is 0.533. The van der Waals surface area contributed by atoms with E-state index in [1.807, 2.05) is 0 Å². The molecule has 2 atom stereocenters. The van der Waals surface area contributed by atoms with Crippen LogP contribution >= 0.6 is 23.2 Å². The SMILES string of the molecule is CCC1CCC(C)N1CC(=O)c1cc(Cl)ccc1Cl. The molecule has 2 unspecified atom stereocenters. The number of hydrogen-bond acceptors (Lipinski definition) is 2. The number of Topliss-reactive ketones (excluding diaryl/α,β-unsaturated/α-hetero) is 1. The Morgan fingerprint density at radius 2 is 2.11 bits per heavy atom. The van der Waals surface area contributed by atoms with E-state index >= 15 is 0 Å². The van der Waals surface area contributed by atoms with Gasteiger partial charge in [0.05, 0.1) is 11.6 Å². The van der Waals surface area contributed by atoms with E-state index in [4.69, 9.17) is 23.2 Å². The highest BCUT2D eigenvalue weighted by Crippen LogP contribution is 2.27. The Balaban J connectivity index is 2.14. The van der Waals surface area contributed by atoms with Crippen molar-refractivity contribution in [2.75, 3.05) is 6.54 Å². The lowest BCUT2D eigenvalue weighted by atomic mass is 10.1. The third-order valence-electron chi connectivity index (χ3n) is 3.98. The molecule has 0 N–H and O–H groups in total. The van der Waals surface area contributed by atoms with Gasteiger partial charge < -0.3 is 0 Å². The van der Waals surface area contributed by atoms with Crippen molar-refractivity contribution in [2.45, 2.75) is 45.2 Å². The molecule has 1 heterocycles. The number of rotatable bonds is 4. The van der Waals surface area contributed by atoms with Gasteiger partial charge in [-0.3, -0.25) is 9.69 Å². The fourth-order valence-corrected chi connectivity index (χ4v) is 3.21. The van der Waals surface area contributed by atoms with Gasteiger partial charge in [0.25, 0.3) is 0 Å². The van der Waals surface area contributed by atoms with Gasteiger partial charge in [-0.2, -0.15) is 0 Å². The molecule has 0 bridgehead atoms. The van der Waals surface area contributed by atoms with Gasteiger partial charge in [-0.25, -0.2) is 0 Å². The summed E-state index contributed by atoms with van der Waals surface area (Å²) in [5, 5.41) is 1.03. The van der Waals surface area contributed by atoms with E-state index in [9.17, 15) is 4.79 Å². The Labute approximate surface area is 124 Å². The second kappa shape index (κ2) is 6.25. The van der Waals surface area contributed by atoms with E-state index in [-0.39, 0.29) is 5.78 Å². The summed E-state index contributed by atoms with van der Waals surface area (Å²) in [5.74, 6) is 0.0553. The lowest BCUT2D eigenvalue weighted by Crippen LogP contribution is -2.38. The average molecular weight is 300 g/mol. The molecule has 104 valence electrons. The van der Waals surface area contributed by atoms with Gasteiger partial charge >= 0.3 is 0 Å². The molecule has 1 fully saturated rings. The number of hydrogen-bond donors (Lipinski definition) is 0. The second-order valence-corrected chi connectivity index (χ2v) is 6.05. The number of ketones is 1. The molecule has 1 aliphatic rings. The summed E-state index contributed by atoms with van der Waals surface area (Å²) >= 11 is 12.0. The summed E-state index contributed by atoms with van der Waals surface area (Å²) < 4.78 is 0. The molecule has 0 radical (unpaired) electrons. The van der Waals surface area contributed by atoms with E-state index in [2.05, 4.69) is 18.7 Å². The quantitative estimate of drug-likeness (QED) is 0.766. The number of nitrogens with zero attached hydrogens (tertiary/aromatic N) is 1. The topological polar surface area (TPSA) is 20.3 Å². The van der Waals surface area contributed by atoms with Crippen LogP contribution in [0.25, 0.3) is 0 Å². The zero-order chi connectivity index (χ0) is 14.0. The van der Waals surface area contributed by atoms with E-state index in [0.717, 1.165) is 12.8 Å². The Morgan fingerprint density at radius 1 is 1.37 bits per heavy atom. The first kappa shape index (κ1) is 14.8. The number of likely N-dealkylation sites (tertiary alicyclic amines) is 1. The molecule has 0 saturated carbocycles. The first-order valence-electron chi connectivity index (χ1n) is 6.77. The van der Waals surface area contributed by atoms with Crippen molar-refractivity contribution in [1.29, 1.82) is 0 Å². The van der Waals surface area contributed by atoms with E-state index in [0.29, 0.717) is 34.2 Å². The van der Waals surface area contributed by atoms with Gasteiger partial charge in [-0.1, -0.05) is 30.1 Å². The minimum Gasteiger partial charge on any atom is -0.293 e. The highest BCUT2D eigenvalue weighted by atomic mass is 35.5. The van der Waals surface area contributed by atoms with Crippen LogP contribution in [-0.4, -0.2) is 29.3 Å². The number of carbonyl (C=O) groups is 1. The van der Waals surface area contributed by atoms with Crippen LogP contribution in [0.5, 0.6) is 0 Å². The van der Waals surface area contributed by atoms with Crippen molar-refractivity contribution >= 4 is 29.0 Å². The maximum Gasteiger partial charge on any atom is 0.178 e. The zero-order valence-corrected chi connectivity index (χ0v) is 12.8. The minimum atomic E-state index is 0.0553. The van der Waals surface area contributed by atoms with Crippen molar-refractivity contribution in [3.63, 3.8) is 0 Å². The highest BCUT2D eigenvalue weighted by Gasteiger charge is 2.31. The van der Waals surface area contributed by atoms with Crippen LogP contribution in [0.15, 0.2) is 18.2 Å². The van der Waals surface area contributed by atoms with Crippen molar-refractivity contribution in [1.82, 2.24) is 4.90 Å². The summed E-state index contributed by atoms with van der Waals surface area (Å²) in [7, 11) is 0. The number of benzene rings is 1. The van der Waals surface area contributed by atoms with E-state index in [1.54, 1.807) is 18.2 Å². The minimum absolute atomic E-state index is 0.0553. The molecule has 4 heteroatoms. The van der Waals surface area contributed by atoms with Crippen molar-refractivity contribution < 1.29 is 4.79 Å². The monoisotopic (exact) mass is 299 g/mol. The van der Waals surface area contributed by atoms with E-state index < -0.39 is 0 Å². The third kappa shape index (κ3) is 3.31. The van der Waals surface area contributed by atoms with Gasteiger partial charge in [-0.15, -0.1) is 0 Å². The molecule has 2 rings (SSSR count). The Kier molecular flexibility index (Phi) is 4.88. The van der Waals surface area contributed by atoms with Crippen LogP contribution < -0.4 is 0 Å². The smallest absolute Gasteiger partial charge is 0.178 e. The van der Waals surface area contributed by atoms with Gasteiger partial charge in [0.1, 0.15) is 0 Å². The van der Waals surface area contributed by atoms with Crippen LogP contribution in [-0.2, 0) is 0 Å². The molecule has 0 spiro atoms. The van der Waals surface area contributed by atoms with Crippen molar-refractivity contribution in [3.8, 4) is 0 Å². The second-order valence-electron chi connectivity index (χ2n) is 5.21. The largest absolute Gasteiger partial charge is 0.293 e. The molecule has 0 aliphatic carbocycles. The van der Waals surface area contributed by atoms with Gasteiger partial charge in [0, 0.05) is 22.7 Å². The molecule has 2 nitrogen and oxygen atoms in total. The molecule has 0 amide bonds. The summed E-state index contributed by atoms with van der Waals surface area (Å²) in [5.41, 5.74) is 0.531. The number of halogens is 2. The normalized spacial score (nSPS) is 23.8. The van der Waals surface area contributed by atoms with Crippen LogP contribution in [0.4, 0.5) is 0 Å². The molecular formula is C15H19Cl2NO. The standard InChI is InChI=1S/C15H19Cl2NO/c1-3-12-6-4-10(2)18(12)9-15(19)13-8-11(16)5-7-14(13)17/h5,7-8,10,12H,3-4,6,9H2,1-2H3. The van der Waals surface area contributed by atoms with E-state index in [1.165, 1.54) is 6.42 Å². The fourth-order valence-electron chi connectivity index (χ4n) is 2.81. The van der Waals surface area contributed by atoms with Crippen LogP contribution in [0.1, 0.15) is 43.5 Å². The summed E-state index contributed by atoms with van der Waals surface area (Å²) in [4.78, 5) is 14.7. The number of carbonyl (C=O) groups excluding carboxylic acids is 1. The first-order chi connectivity index (χ1) is 9.02. The Bertz CT molecular complexity index is 475. The lowest BCUT2D eigenvalue weighted by Gasteiger charge is -2.27. The van der Waals surface area contributed by atoms with Crippen LogP contribution in [0.3, 0.4) is 0 Å². The zero-order valence-electron chi connectivity index (χ0n) is 11.3. The summed E-state index contributed by atoms with van der Waals surface area (Å²) in [6.45, 7) is 4.79. The predicted octanol–water partition coefficient (Wildman–Crippen LogP) is 4.44. The average Bonchev–Trinajstić information content (AvgIpc) is 2.73. The molecule has 1 aromatic rings. The Morgan fingerprint density at radius 3 is 2.79 bits per heavy atom. The van der Waals surface area contributed by atoms with Gasteiger partial charge in [0.15, 0.2) is 5.78 Å². The Hall–Kier alpha value is -0.570. The summed E-state index contributed by atoms with van der Waals surface area (Å²) in [6, 6.07) is 6.02. The van der Waals surface area contributed by atoms with Gasteiger partial charge in [0.2, 0.25) is 0 Å². The molecule has 0 aromatic heterocycles. The molecular weight excluding hydrogens is 281 g/mol. The molecule has 1 saturated heterocycles. The van der Waals surface area contributed by atoms with Crippen molar-refractivity contribution in [2.24, 2.45) is 0 Å². The molecule has 1 aromatic carbocycles. The highest BCUT2D eigenvalue weighted by molar-refractivity contribution is 6.36. The third-order valence-corrected chi connectivity index (χ3v) is 4.54. The first-order valence-corrected chi connectivity index (χ1v) is 7.52. The maximum absolute atomic E-state index is 12.4.